The number of Topliss-reactive ketones (excluding diaryl/α,β-unsaturated/α-hetero) is 4. The van der Waals surface area contributed by atoms with Gasteiger partial charge < -0.3 is 68.5 Å². The highest BCUT2D eigenvalue weighted by Gasteiger charge is 2.37. The summed E-state index contributed by atoms with van der Waals surface area (Å²) in [5, 5.41) is 76.8. The molecule has 0 radical (unpaired) electrons. The summed E-state index contributed by atoms with van der Waals surface area (Å²) in [5.74, 6) is -16.7. The summed E-state index contributed by atoms with van der Waals surface area (Å²) < 4.78 is -0.505. The molecule has 0 bridgehead atoms. The van der Waals surface area contributed by atoms with Crippen LogP contribution in [0.1, 0.15) is 262 Å². The van der Waals surface area contributed by atoms with Crippen molar-refractivity contribution in [1.29, 1.82) is 0 Å². The van der Waals surface area contributed by atoms with E-state index in [1.54, 1.807) is 57.2 Å². The first-order valence-corrected chi connectivity index (χ1v) is 43.1. The van der Waals surface area contributed by atoms with Crippen LogP contribution in [-0.4, -0.2) is 171 Å². The number of guanidine groups is 1. The zero-order valence-electron chi connectivity index (χ0n) is 73.8. The largest absolute Gasteiger partial charge is 0.508 e. The Morgan fingerprint density at radius 3 is 1.26 bits per heavy atom. The summed E-state index contributed by atoms with van der Waals surface area (Å²) in [5.41, 5.74) is 15.7. The Bertz CT molecular complexity index is 3730. The van der Waals surface area contributed by atoms with Crippen LogP contribution >= 0.6 is 23.5 Å². The first kappa shape index (κ1) is 108. The lowest BCUT2D eigenvalue weighted by atomic mass is 9.82. The van der Waals surface area contributed by atoms with E-state index in [1.807, 2.05) is 41.5 Å². The fourth-order valence-corrected chi connectivity index (χ4v) is 14.7. The number of aromatic hydroxyl groups is 2. The van der Waals surface area contributed by atoms with Crippen LogP contribution in [0.5, 0.6) is 11.5 Å². The SMILES string of the molecule is CC(C)(C)CCCCCCCC(=O)C[C@@H](Cc1ccc(O)cc1)C(=O)N[C@@H](Cc1ccc(O)cc1)C(=O)CC[C@H](CSC(C)(C)C)C(=O)O.CC(C)(C)C[C@@H](CC(=O)O)C(=O)N[C@@H](CCCN=C(N)N)C(=O)C[C@@H](CC(=O)O)C(=O)N[C@@H](CC(=O)O)C(=O)C[C@H](CSC(C)(C)C)C(=O)NCC(=O)O.CC(C)(C)Cc1ccc(CC(C)(C)C)cc1. The van der Waals surface area contributed by atoms with Crippen molar-refractivity contribution in [2.75, 3.05) is 24.6 Å². The summed E-state index contributed by atoms with van der Waals surface area (Å²) in [6, 6.07) is 18.0. The molecule has 119 heavy (non-hydrogen) atoms. The van der Waals surface area contributed by atoms with E-state index in [0.29, 0.717) is 28.4 Å². The molecule has 0 saturated carbocycles. The van der Waals surface area contributed by atoms with Crippen LogP contribution in [0.4, 0.5) is 0 Å². The highest BCUT2D eigenvalue weighted by atomic mass is 32.2. The number of nitrogens with one attached hydrogen (secondary N) is 4. The molecule has 0 spiro atoms. The number of rotatable bonds is 50. The van der Waals surface area contributed by atoms with Gasteiger partial charge in [-0.15, -0.1) is 0 Å². The van der Waals surface area contributed by atoms with Gasteiger partial charge in [0.15, 0.2) is 23.3 Å². The van der Waals surface area contributed by atoms with E-state index in [4.69, 9.17) is 16.6 Å². The van der Waals surface area contributed by atoms with Crippen molar-refractivity contribution in [3.63, 3.8) is 0 Å². The maximum absolute atomic E-state index is 13.9. The Labute approximate surface area is 714 Å². The van der Waals surface area contributed by atoms with Gasteiger partial charge in [0, 0.05) is 71.5 Å². The number of unbranched alkanes of at least 4 members (excludes halogenated alkanes) is 4. The van der Waals surface area contributed by atoms with E-state index in [9.17, 15) is 93.0 Å². The minimum absolute atomic E-state index is 0.00400. The van der Waals surface area contributed by atoms with E-state index in [0.717, 1.165) is 49.7 Å². The van der Waals surface area contributed by atoms with Crippen molar-refractivity contribution in [2.45, 2.75) is 294 Å². The summed E-state index contributed by atoms with van der Waals surface area (Å²) >= 11 is 2.81. The third-order valence-corrected chi connectivity index (χ3v) is 21.5. The highest BCUT2D eigenvalue weighted by Crippen LogP contribution is 2.32. The molecule has 3 aromatic rings. The number of carboxylic acid groups (broad SMARTS) is 5. The second kappa shape index (κ2) is 52.4. The van der Waals surface area contributed by atoms with Crippen molar-refractivity contribution >= 4 is 106 Å². The van der Waals surface area contributed by atoms with Gasteiger partial charge in [-0.25, -0.2) is 0 Å². The van der Waals surface area contributed by atoms with Gasteiger partial charge in [0.2, 0.25) is 23.6 Å². The number of aliphatic carboxylic acids is 5. The van der Waals surface area contributed by atoms with Crippen molar-refractivity contribution < 1.29 is 98.1 Å². The fraction of sp³-hybridized carbons (Fsp3) is 0.644. The van der Waals surface area contributed by atoms with Crippen LogP contribution in [-0.2, 0) is 88.0 Å². The molecule has 8 atom stereocenters. The lowest BCUT2D eigenvalue weighted by Crippen LogP contribution is -2.49. The average Bonchev–Trinajstić information content (AvgIpc) is 0.861. The zero-order valence-corrected chi connectivity index (χ0v) is 75.4. The topological polar surface area (TPSA) is 476 Å². The van der Waals surface area contributed by atoms with Gasteiger partial charge in [0.1, 0.15) is 23.8 Å². The lowest BCUT2D eigenvalue weighted by molar-refractivity contribution is -0.144. The molecule has 0 unspecified atom stereocenters. The third-order valence-electron chi connectivity index (χ3n) is 18.6. The van der Waals surface area contributed by atoms with Gasteiger partial charge in [0.05, 0.1) is 55.1 Å². The van der Waals surface area contributed by atoms with Crippen LogP contribution < -0.4 is 32.7 Å². The van der Waals surface area contributed by atoms with Crippen molar-refractivity contribution in [1.82, 2.24) is 21.3 Å². The molecular formula is C90H141N7O20S2. The molecule has 0 aromatic heterocycles. The predicted octanol–water partition coefficient (Wildman–Crippen LogP) is 13.5. The number of aliphatic imine (C=N–C) groups is 1. The first-order valence-electron chi connectivity index (χ1n) is 41.1. The number of hydrogen-bond acceptors (Lipinski definition) is 18. The van der Waals surface area contributed by atoms with Gasteiger partial charge in [-0.3, -0.25) is 67.3 Å². The molecule has 0 aliphatic heterocycles. The summed E-state index contributed by atoms with van der Waals surface area (Å²) in [4.78, 5) is 169. The molecule has 27 nitrogen and oxygen atoms in total. The Morgan fingerprint density at radius 2 is 0.807 bits per heavy atom. The maximum atomic E-state index is 13.9. The monoisotopic (exact) mass is 1700 g/mol. The second-order valence-electron chi connectivity index (χ2n) is 37.9. The Balaban J connectivity index is 0.00000100. The normalized spacial score (nSPS) is 13.9. The number of carbonyl (C=O) groups excluding carboxylic acids is 8. The molecule has 0 fully saturated rings. The number of nitrogens with two attached hydrogens (primary N) is 2. The van der Waals surface area contributed by atoms with E-state index < -0.39 is 157 Å². The molecule has 29 heteroatoms. The van der Waals surface area contributed by atoms with Crippen LogP contribution in [0.2, 0.25) is 0 Å². The number of hydrogen-bond donors (Lipinski definition) is 13. The molecule has 668 valence electrons. The smallest absolute Gasteiger partial charge is 0.322 e. The quantitative estimate of drug-likeness (QED) is 0.0142. The minimum Gasteiger partial charge on any atom is -0.508 e. The van der Waals surface area contributed by atoms with Gasteiger partial charge in [0.25, 0.3) is 0 Å². The Hall–Kier alpha value is -8.86. The number of phenols is 2. The predicted molar refractivity (Wildman–Crippen MR) is 468 cm³/mol. The minimum atomic E-state index is -1.76. The maximum Gasteiger partial charge on any atom is 0.322 e. The molecule has 0 aliphatic rings. The molecule has 0 aliphatic carbocycles. The third kappa shape index (κ3) is 54.1. The molecule has 15 N–H and O–H groups in total. The number of phenolic OH excluding ortho intramolecular Hbond substituents is 2. The molecule has 4 amide bonds. The Morgan fingerprint density at radius 1 is 0.387 bits per heavy atom. The van der Waals surface area contributed by atoms with Gasteiger partial charge >= 0.3 is 29.8 Å². The number of benzene rings is 3. The molecule has 0 saturated heterocycles. The summed E-state index contributed by atoms with van der Waals surface area (Å²) in [6.07, 6.45) is 5.89. The first-order chi connectivity index (χ1) is 54.8. The summed E-state index contributed by atoms with van der Waals surface area (Å²) in [7, 11) is 0. The zero-order chi connectivity index (χ0) is 91.0. The van der Waals surface area contributed by atoms with E-state index in [-0.39, 0.29) is 102 Å². The van der Waals surface area contributed by atoms with Crippen LogP contribution in [0.3, 0.4) is 0 Å². The average molecular weight is 1710 g/mol. The van der Waals surface area contributed by atoms with Gasteiger partial charge in [-0.2, -0.15) is 23.5 Å². The van der Waals surface area contributed by atoms with Crippen molar-refractivity contribution in [3.05, 3.63) is 95.1 Å². The fourth-order valence-electron chi connectivity index (χ4n) is 12.7. The number of nitrogens with zero attached hydrogens (tertiary/aromatic N) is 1. The highest BCUT2D eigenvalue weighted by molar-refractivity contribution is 8.00. The molecule has 3 aromatic carbocycles. The lowest BCUT2D eigenvalue weighted by Gasteiger charge is -2.27. The number of carbonyl (C=O) groups is 13. The second-order valence-corrected chi connectivity index (χ2v) is 41.6. The van der Waals surface area contributed by atoms with Gasteiger partial charge in [-0.05, 0) is 132 Å². The van der Waals surface area contributed by atoms with E-state index in [2.05, 4.69) is 113 Å². The number of amides is 4. The van der Waals surface area contributed by atoms with E-state index in [1.165, 1.54) is 59.6 Å². The number of carboxylic acids is 5. The molecule has 3 rings (SSSR count). The van der Waals surface area contributed by atoms with Crippen LogP contribution in [0, 0.1) is 51.2 Å². The standard InChI is InChI=1S/C40H59NO7S.C34H56N6O13S.C16H26/c1-39(2,3)23-11-9-7-8-10-12-34(44)26-31(24-28-13-18-32(42)19-14-28)37(46)41-35(25-29-15-20-33(43)21-16-29)36(45)22-17-30(38(47)48)27-49-40(4,5)6;1-33(2,3)15-19(13-26(45)46)31(53)39-21(8-7-9-37-32(35)36)23(41)10-18(12-25(43)44)30(52)40-22(14-27(47)48)24(42)11-20(17-54-34(4,5)6)29(51)38-16-28(49)50;1-15(2,3)11-13-7-9-14(10-8-13)12-16(4,5)6/h13-16,18-21,30-31,35,42-43H,7-12,17,22-27H2,1-6H3,(H,41,46)(H,47,48);18-22H,7-17H2,1-6H3,(H,38,51)(H,39,53)(H,40,52)(H,43,44)(H,45,46)(H,47,48)(H,49,50)(H4,35,36,37);7-10H,11-12H2,1-6H3/t30-,31-,35+;18-,19+,20+,21-,22-;/m10./s1. The van der Waals surface area contributed by atoms with E-state index >= 15 is 0 Å². The molecular weight excluding hydrogens is 1560 g/mol. The van der Waals surface area contributed by atoms with Crippen molar-refractivity contribution in [2.24, 2.45) is 67.7 Å². The van der Waals surface area contributed by atoms with Gasteiger partial charge in [-0.1, -0.05) is 199 Å². The van der Waals surface area contributed by atoms with Crippen LogP contribution in [0.15, 0.2) is 77.8 Å². The number of thioether (sulfide) groups is 2. The van der Waals surface area contributed by atoms with Crippen LogP contribution in [0.25, 0.3) is 0 Å². The summed E-state index contributed by atoms with van der Waals surface area (Å²) in [6.45, 7) is 36.7. The number of ketones is 4. The molecule has 0 heterocycles. The van der Waals surface area contributed by atoms with Crippen molar-refractivity contribution in [3.8, 4) is 11.5 Å². The Kier molecular flexibility index (Phi) is 47.6.